The molecule has 0 aliphatic heterocycles. The highest BCUT2D eigenvalue weighted by molar-refractivity contribution is 6.31. The fourth-order valence-electron chi connectivity index (χ4n) is 1.34. The first-order valence-electron chi connectivity index (χ1n) is 4.77. The molecule has 0 bridgehead atoms. The molecule has 0 spiro atoms. The van der Waals surface area contributed by atoms with Crippen molar-refractivity contribution in [1.29, 1.82) is 0 Å². The Balaban J connectivity index is 3.01. The lowest BCUT2D eigenvalue weighted by Gasteiger charge is -2.19. The summed E-state index contributed by atoms with van der Waals surface area (Å²) < 4.78 is 13.1. The number of nitrogens with two attached hydrogens (primary N) is 1. The van der Waals surface area contributed by atoms with Crippen molar-refractivity contribution in [3.8, 4) is 0 Å². The molecule has 1 unspecified atom stereocenters. The van der Waals surface area contributed by atoms with Crippen LogP contribution in [0.5, 0.6) is 0 Å². The quantitative estimate of drug-likeness (QED) is 0.820. The van der Waals surface area contributed by atoms with Crippen LogP contribution in [-0.2, 0) is 0 Å². The smallest absolute Gasteiger partial charge is 0.142 e. The normalized spacial score (nSPS) is 15.2. The number of hydrogen-bond donors (Lipinski definition) is 1. The van der Waals surface area contributed by atoms with Gasteiger partial charge in [-0.1, -0.05) is 44.0 Å². The molecule has 1 rings (SSSR count). The summed E-state index contributed by atoms with van der Waals surface area (Å²) in [5, 5.41) is 0.153. The van der Waals surface area contributed by atoms with Gasteiger partial charge in [0, 0.05) is 6.04 Å². The number of halogens is 2. The Labute approximate surface area is 89.1 Å². The van der Waals surface area contributed by atoms with E-state index < -0.39 is 5.82 Å². The van der Waals surface area contributed by atoms with Crippen molar-refractivity contribution < 1.29 is 4.39 Å². The highest BCUT2D eigenvalue weighted by atomic mass is 35.5. The predicted octanol–water partition coefficient (Wildman–Crippen LogP) is 3.53. The molecule has 0 fully saturated rings. The van der Waals surface area contributed by atoms with Crippen LogP contribution in [-0.4, -0.2) is 0 Å². The van der Waals surface area contributed by atoms with Gasteiger partial charge in [-0.25, -0.2) is 4.39 Å². The Hall–Kier alpha value is -0.600. The summed E-state index contributed by atoms with van der Waals surface area (Å²) in [4.78, 5) is 0. The molecule has 0 amide bonds. The fourth-order valence-corrected chi connectivity index (χ4v) is 1.59. The van der Waals surface area contributed by atoms with Crippen molar-refractivity contribution in [2.75, 3.05) is 0 Å². The van der Waals surface area contributed by atoms with Gasteiger partial charge in [0.05, 0.1) is 5.02 Å². The number of benzene rings is 1. The maximum absolute atomic E-state index is 13.1. The van der Waals surface area contributed by atoms with Gasteiger partial charge in [0.25, 0.3) is 0 Å². The average molecular weight is 216 g/mol. The van der Waals surface area contributed by atoms with Crippen LogP contribution in [0.15, 0.2) is 18.2 Å². The van der Waals surface area contributed by atoms with E-state index in [2.05, 4.69) is 6.92 Å². The minimum atomic E-state index is -0.400. The minimum Gasteiger partial charge on any atom is -0.324 e. The second kappa shape index (κ2) is 4.76. The minimum absolute atomic E-state index is 0.153. The summed E-state index contributed by atoms with van der Waals surface area (Å²) >= 11 is 5.83. The van der Waals surface area contributed by atoms with Gasteiger partial charge in [0.15, 0.2) is 0 Å². The van der Waals surface area contributed by atoms with E-state index in [4.69, 9.17) is 17.3 Å². The molecule has 0 saturated carbocycles. The van der Waals surface area contributed by atoms with Crippen LogP contribution >= 0.6 is 11.6 Å². The van der Waals surface area contributed by atoms with Crippen LogP contribution in [0.3, 0.4) is 0 Å². The SMILES string of the molecule is CCC(C)[C@@H](N)c1cccc(F)c1Cl. The van der Waals surface area contributed by atoms with Crippen LogP contribution in [0.1, 0.15) is 31.9 Å². The van der Waals surface area contributed by atoms with Gasteiger partial charge >= 0.3 is 0 Å². The van der Waals surface area contributed by atoms with E-state index in [0.29, 0.717) is 11.5 Å². The first-order valence-corrected chi connectivity index (χ1v) is 5.15. The van der Waals surface area contributed by atoms with Crippen molar-refractivity contribution in [3.63, 3.8) is 0 Å². The average Bonchev–Trinajstić information content (AvgIpc) is 2.20. The molecular weight excluding hydrogens is 201 g/mol. The second-order valence-corrected chi connectivity index (χ2v) is 3.93. The third-order valence-electron chi connectivity index (χ3n) is 2.60. The summed E-state index contributed by atoms with van der Waals surface area (Å²) in [6.45, 7) is 4.09. The van der Waals surface area contributed by atoms with Gasteiger partial charge in [-0.15, -0.1) is 0 Å². The zero-order valence-electron chi connectivity index (χ0n) is 8.43. The molecule has 0 aromatic heterocycles. The fraction of sp³-hybridized carbons (Fsp3) is 0.455. The van der Waals surface area contributed by atoms with Crippen molar-refractivity contribution in [2.24, 2.45) is 11.7 Å². The predicted molar refractivity (Wildman–Crippen MR) is 57.8 cm³/mol. The van der Waals surface area contributed by atoms with Gasteiger partial charge in [-0.2, -0.15) is 0 Å². The third kappa shape index (κ3) is 2.25. The Morgan fingerprint density at radius 1 is 1.50 bits per heavy atom. The summed E-state index contributed by atoms with van der Waals surface area (Å²) in [6.07, 6.45) is 0.952. The highest BCUT2D eigenvalue weighted by Gasteiger charge is 2.17. The summed E-state index contributed by atoms with van der Waals surface area (Å²) in [6, 6.07) is 4.57. The summed E-state index contributed by atoms with van der Waals surface area (Å²) in [7, 11) is 0. The van der Waals surface area contributed by atoms with E-state index in [1.54, 1.807) is 12.1 Å². The molecule has 2 N–H and O–H groups in total. The summed E-state index contributed by atoms with van der Waals surface area (Å²) in [5.74, 6) is -0.0998. The Kier molecular flexibility index (Phi) is 3.90. The van der Waals surface area contributed by atoms with Crippen molar-refractivity contribution >= 4 is 11.6 Å². The maximum Gasteiger partial charge on any atom is 0.142 e. The van der Waals surface area contributed by atoms with E-state index in [0.717, 1.165) is 6.42 Å². The van der Waals surface area contributed by atoms with Crippen LogP contribution in [0.25, 0.3) is 0 Å². The molecule has 78 valence electrons. The third-order valence-corrected chi connectivity index (χ3v) is 3.00. The number of hydrogen-bond acceptors (Lipinski definition) is 1. The molecule has 1 nitrogen and oxygen atoms in total. The van der Waals surface area contributed by atoms with Crippen molar-refractivity contribution in [2.45, 2.75) is 26.3 Å². The van der Waals surface area contributed by atoms with Crippen molar-refractivity contribution in [3.05, 3.63) is 34.6 Å². The van der Waals surface area contributed by atoms with Crippen LogP contribution in [0.2, 0.25) is 5.02 Å². The Bertz CT molecular complexity index is 314. The maximum atomic E-state index is 13.1. The van der Waals surface area contributed by atoms with Gasteiger partial charge in [0.1, 0.15) is 5.82 Å². The van der Waals surface area contributed by atoms with E-state index >= 15 is 0 Å². The monoisotopic (exact) mass is 215 g/mol. The molecule has 0 radical (unpaired) electrons. The van der Waals surface area contributed by atoms with Gasteiger partial charge < -0.3 is 5.73 Å². The van der Waals surface area contributed by atoms with E-state index in [9.17, 15) is 4.39 Å². The van der Waals surface area contributed by atoms with E-state index in [1.165, 1.54) is 6.07 Å². The second-order valence-electron chi connectivity index (χ2n) is 3.55. The molecular formula is C11H15ClFN. The van der Waals surface area contributed by atoms with Crippen LogP contribution in [0, 0.1) is 11.7 Å². The lowest BCUT2D eigenvalue weighted by Crippen LogP contribution is -2.19. The molecule has 3 heteroatoms. The lowest BCUT2D eigenvalue weighted by atomic mass is 9.93. The lowest BCUT2D eigenvalue weighted by molar-refractivity contribution is 0.455. The molecule has 0 saturated heterocycles. The molecule has 1 aromatic carbocycles. The number of rotatable bonds is 3. The Morgan fingerprint density at radius 2 is 2.14 bits per heavy atom. The highest BCUT2D eigenvalue weighted by Crippen LogP contribution is 2.29. The standard InChI is InChI=1S/C11H15ClFN/c1-3-7(2)11(14)8-5-4-6-9(13)10(8)12/h4-7,11H,3,14H2,1-2H3/t7?,11-/m1/s1. The Morgan fingerprint density at radius 3 is 2.71 bits per heavy atom. The first-order chi connectivity index (χ1) is 6.57. The van der Waals surface area contributed by atoms with E-state index in [-0.39, 0.29) is 11.1 Å². The molecule has 0 aliphatic carbocycles. The largest absolute Gasteiger partial charge is 0.324 e. The molecule has 14 heavy (non-hydrogen) atoms. The molecule has 2 atom stereocenters. The van der Waals surface area contributed by atoms with Gasteiger partial charge in [0.2, 0.25) is 0 Å². The topological polar surface area (TPSA) is 26.0 Å². The summed E-state index contributed by atoms with van der Waals surface area (Å²) in [5.41, 5.74) is 6.66. The van der Waals surface area contributed by atoms with Gasteiger partial charge in [-0.05, 0) is 17.5 Å². The van der Waals surface area contributed by atoms with Crippen LogP contribution < -0.4 is 5.73 Å². The molecule has 0 heterocycles. The zero-order chi connectivity index (χ0) is 10.7. The van der Waals surface area contributed by atoms with Crippen LogP contribution in [0.4, 0.5) is 4.39 Å². The van der Waals surface area contributed by atoms with E-state index in [1.807, 2.05) is 6.92 Å². The zero-order valence-corrected chi connectivity index (χ0v) is 9.18. The van der Waals surface area contributed by atoms with Crippen molar-refractivity contribution in [1.82, 2.24) is 0 Å². The molecule has 1 aromatic rings. The molecule has 0 aliphatic rings. The van der Waals surface area contributed by atoms with Gasteiger partial charge in [-0.3, -0.25) is 0 Å². The first kappa shape index (κ1) is 11.5.